The highest BCUT2D eigenvalue weighted by Crippen LogP contribution is 2.27. The third kappa shape index (κ3) is 3.83. The number of hydrogen-bond donors (Lipinski definition) is 2. The Morgan fingerprint density at radius 3 is 2.91 bits per heavy atom. The number of aromatic nitrogens is 2. The third-order valence-electron chi connectivity index (χ3n) is 3.89. The predicted molar refractivity (Wildman–Crippen MR) is 88.0 cm³/mol. The third-order valence-corrected chi connectivity index (χ3v) is 4.77. The van der Waals surface area contributed by atoms with E-state index in [1.54, 1.807) is 24.1 Å². The van der Waals surface area contributed by atoms with E-state index >= 15 is 0 Å². The van der Waals surface area contributed by atoms with Gasteiger partial charge in [-0.2, -0.15) is 0 Å². The highest BCUT2D eigenvalue weighted by atomic mass is 32.1. The van der Waals surface area contributed by atoms with Crippen LogP contribution in [-0.4, -0.2) is 47.3 Å². The van der Waals surface area contributed by atoms with Crippen molar-refractivity contribution >= 4 is 22.5 Å². The molecule has 1 saturated heterocycles. The van der Waals surface area contributed by atoms with Gasteiger partial charge in [0.05, 0.1) is 0 Å². The second-order valence-electron chi connectivity index (χ2n) is 5.44. The highest BCUT2D eigenvalue weighted by molar-refractivity contribution is 7.18. The quantitative estimate of drug-likeness (QED) is 0.904. The molecule has 8 heteroatoms. The number of benzene rings is 1. The Bertz CT molecular complexity index is 686. The van der Waals surface area contributed by atoms with Gasteiger partial charge in [0.25, 0.3) is 0 Å². The summed E-state index contributed by atoms with van der Waals surface area (Å²) in [5.41, 5.74) is 0.648. The minimum atomic E-state index is -0.325. The molecule has 0 atom stereocenters. The average molecular weight is 335 g/mol. The van der Waals surface area contributed by atoms with E-state index in [2.05, 4.69) is 20.8 Å². The molecule has 2 heterocycles. The van der Waals surface area contributed by atoms with E-state index in [4.69, 9.17) is 0 Å². The Kier molecular flexibility index (Phi) is 4.82. The molecule has 6 nitrogen and oxygen atoms in total. The zero-order chi connectivity index (χ0) is 16.2. The lowest BCUT2D eigenvalue weighted by Gasteiger charge is -2.31. The van der Waals surface area contributed by atoms with Crippen molar-refractivity contribution in [3.05, 3.63) is 30.1 Å². The van der Waals surface area contributed by atoms with Crippen LogP contribution in [0.4, 0.5) is 14.3 Å². The minimum Gasteiger partial charge on any atom is -0.324 e. The van der Waals surface area contributed by atoms with Crippen LogP contribution in [0, 0.1) is 5.82 Å². The van der Waals surface area contributed by atoms with E-state index in [-0.39, 0.29) is 17.9 Å². The molecular weight excluding hydrogens is 317 g/mol. The Labute approximate surface area is 137 Å². The molecule has 0 unspecified atom stereocenters. The molecule has 1 aliphatic heterocycles. The maximum atomic E-state index is 13.3. The van der Waals surface area contributed by atoms with Crippen molar-refractivity contribution in [3.8, 4) is 10.6 Å². The lowest BCUT2D eigenvalue weighted by molar-refractivity contribution is 0.189. The molecule has 1 fully saturated rings. The van der Waals surface area contributed by atoms with Crippen LogP contribution in [0.2, 0.25) is 0 Å². The van der Waals surface area contributed by atoms with Gasteiger partial charge in [0.2, 0.25) is 5.13 Å². The topological polar surface area (TPSA) is 70.2 Å². The lowest BCUT2D eigenvalue weighted by Crippen LogP contribution is -2.45. The fourth-order valence-corrected chi connectivity index (χ4v) is 3.28. The van der Waals surface area contributed by atoms with Crippen molar-refractivity contribution in [2.24, 2.45) is 0 Å². The molecule has 2 N–H and O–H groups in total. The molecule has 3 rings (SSSR count). The van der Waals surface area contributed by atoms with Crippen LogP contribution >= 0.6 is 11.3 Å². The van der Waals surface area contributed by atoms with Crippen LogP contribution in [-0.2, 0) is 0 Å². The first-order valence-electron chi connectivity index (χ1n) is 7.47. The molecule has 2 aromatic rings. The fraction of sp³-hybridized carbons (Fsp3) is 0.400. The molecule has 0 spiro atoms. The van der Waals surface area contributed by atoms with Gasteiger partial charge in [-0.25, -0.2) is 9.18 Å². The van der Waals surface area contributed by atoms with Crippen molar-refractivity contribution in [3.63, 3.8) is 0 Å². The van der Waals surface area contributed by atoms with E-state index < -0.39 is 0 Å². The summed E-state index contributed by atoms with van der Waals surface area (Å²) in [4.78, 5) is 14.0. The molecule has 122 valence electrons. The van der Waals surface area contributed by atoms with Crippen LogP contribution in [0.15, 0.2) is 24.3 Å². The van der Waals surface area contributed by atoms with Gasteiger partial charge in [0.15, 0.2) is 0 Å². The first-order valence-corrected chi connectivity index (χ1v) is 8.29. The van der Waals surface area contributed by atoms with E-state index in [0.717, 1.165) is 25.9 Å². The number of nitrogens with zero attached hydrogens (tertiary/aromatic N) is 3. The molecule has 23 heavy (non-hydrogen) atoms. The zero-order valence-corrected chi connectivity index (χ0v) is 13.6. The average Bonchev–Trinajstić information content (AvgIpc) is 3.03. The monoisotopic (exact) mass is 335 g/mol. The predicted octanol–water partition coefficient (Wildman–Crippen LogP) is 2.56. The number of amides is 2. The summed E-state index contributed by atoms with van der Waals surface area (Å²) in [6.45, 7) is 1.84. The molecule has 0 radical (unpaired) electrons. The van der Waals surface area contributed by atoms with E-state index in [1.807, 2.05) is 0 Å². The Morgan fingerprint density at radius 2 is 2.17 bits per heavy atom. The SMILES string of the molecule is CN(C(=O)Nc1nnc(-c2cccc(F)c2)s1)C1CCNCC1. The molecule has 0 aliphatic carbocycles. The van der Waals surface area contributed by atoms with E-state index in [1.165, 1.54) is 23.5 Å². The van der Waals surface area contributed by atoms with Crippen molar-refractivity contribution in [1.82, 2.24) is 20.4 Å². The number of halogens is 1. The molecule has 1 aliphatic rings. The number of urea groups is 1. The molecule has 2 amide bonds. The second-order valence-corrected chi connectivity index (χ2v) is 6.42. The highest BCUT2D eigenvalue weighted by Gasteiger charge is 2.22. The molecule has 0 saturated carbocycles. The van der Waals surface area contributed by atoms with Crippen molar-refractivity contribution in [1.29, 1.82) is 0 Å². The number of rotatable bonds is 3. The smallest absolute Gasteiger partial charge is 0.323 e. The van der Waals surface area contributed by atoms with Gasteiger partial charge in [0.1, 0.15) is 10.8 Å². The summed E-state index contributed by atoms with van der Waals surface area (Å²) in [7, 11) is 1.79. The van der Waals surface area contributed by atoms with Crippen molar-refractivity contribution < 1.29 is 9.18 Å². The Balaban J connectivity index is 1.65. The number of piperidine rings is 1. The Hall–Kier alpha value is -2.06. The van der Waals surface area contributed by atoms with E-state index in [0.29, 0.717) is 15.7 Å². The maximum absolute atomic E-state index is 13.3. The number of anilines is 1. The lowest BCUT2D eigenvalue weighted by atomic mass is 10.1. The van der Waals surface area contributed by atoms with Gasteiger partial charge >= 0.3 is 6.03 Å². The van der Waals surface area contributed by atoms with Gasteiger partial charge in [-0.1, -0.05) is 23.5 Å². The first-order chi connectivity index (χ1) is 11.1. The largest absolute Gasteiger partial charge is 0.324 e. The van der Waals surface area contributed by atoms with Gasteiger partial charge in [0, 0.05) is 18.7 Å². The number of carbonyl (C=O) groups excluding carboxylic acids is 1. The summed E-state index contributed by atoms with van der Waals surface area (Å²) in [6, 6.07) is 6.19. The van der Waals surface area contributed by atoms with Crippen molar-refractivity contribution in [2.45, 2.75) is 18.9 Å². The fourth-order valence-electron chi connectivity index (χ4n) is 2.55. The summed E-state index contributed by atoms with van der Waals surface area (Å²) in [5.74, 6) is -0.325. The van der Waals surface area contributed by atoms with Crippen LogP contribution in [0.25, 0.3) is 10.6 Å². The van der Waals surface area contributed by atoms with Crippen LogP contribution in [0.1, 0.15) is 12.8 Å². The van der Waals surface area contributed by atoms with Crippen LogP contribution in [0.5, 0.6) is 0 Å². The Morgan fingerprint density at radius 1 is 1.39 bits per heavy atom. The van der Waals surface area contributed by atoms with Gasteiger partial charge in [-0.05, 0) is 38.1 Å². The summed E-state index contributed by atoms with van der Waals surface area (Å²) < 4.78 is 13.3. The number of carbonyl (C=O) groups is 1. The van der Waals surface area contributed by atoms with Crippen molar-refractivity contribution in [2.75, 3.05) is 25.5 Å². The van der Waals surface area contributed by atoms with E-state index in [9.17, 15) is 9.18 Å². The summed E-state index contributed by atoms with van der Waals surface area (Å²) in [5, 5.41) is 15.0. The number of hydrogen-bond acceptors (Lipinski definition) is 5. The van der Waals surface area contributed by atoms with Gasteiger partial charge in [-0.3, -0.25) is 5.32 Å². The minimum absolute atomic E-state index is 0.196. The molecule has 1 aromatic carbocycles. The first kappa shape index (κ1) is 15.8. The second kappa shape index (κ2) is 7.01. The standard InChI is InChI=1S/C15H18FN5OS/c1-21(12-5-7-17-8-6-12)15(22)18-14-20-19-13(23-14)10-3-2-4-11(16)9-10/h2-4,9,12,17H,5-8H2,1H3,(H,18,20,22). The molecule has 1 aromatic heterocycles. The summed E-state index contributed by atoms with van der Waals surface area (Å²) >= 11 is 1.23. The normalized spacial score (nSPS) is 15.4. The van der Waals surface area contributed by atoms with Gasteiger partial charge < -0.3 is 10.2 Å². The maximum Gasteiger partial charge on any atom is 0.323 e. The van der Waals surface area contributed by atoms with Gasteiger partial charge in [-0.15, -0.1) is 10.2 Å². The summed E-state index contributed by atoms with van der Waals surface area (Å²) in [6.07, 6.45) is 1.88. The number of nitrogens with one attached hydrogen (secondary N) is 2. The molecule has 0 bridgehead atoms. The van der Waals surface area contributed by atoms with Crippen LogP contribution < -0.4 is 10.6 Å². The van der Waals surface area contributed by atoms with Crippen LogP contribution in [0.3, 0.4) is 0 Å². The molecular formula is C15H18FN5OS. The zero-order valence-electron chi connectivity index (χ0n) is 12.8.